The van der Waals surface area contributed by atoms with Crippen LogP contribution in [0.2, 0.25) is 0 Å². The molecule has 0 radical (unpaired) electrons. The van der Waals surface area contributed by atoms with E-state index in [0.29, 0.717) is 0 Å². The molecule has 0 bridgehead atoms. The molecular formula is C13H17NO4. The number of rotatable bonds is 5. The molecule has 0 fully saturated rings. The second-order valence-corrected chi connectivity index (χ2v) is 4.33. The lowest BCUT2D eigenvalue weighted by Crippen LogP contribution is -2.55. The van der Waals surface area contributed by atoms with Crippen LogP contribution < -0.4 is 0 Å². The minimum Gasteiger partial charge on any atom is -0.479 e. The second kappa shape index (κ2) is 5.64. The molecule has 0 aliphatic carbocycles. The molecule has 1 rings (SSSR count). The summed E-state index contributed by atoms with van der Waals surface area (Å²) in [4.78, 5) is 24.4. The topological polar surface area (TPSA) is 66.8 Å². The Balaban J connectivity index is 2.73. The first-order valence-electron chi connectivity index (χ1n) is 5.51. The highest BCUT2D eigenvalue weighted by molar-refractivity contribution is 6.03. The van der Waals surface area contributed by atoms with Crippen molar-refractivity contribution in [2.45, 2.75) is 19.1 Å². The van der Waals surface area contributed by atoms with Crippen LogP contribution in [0.25, 0.3) is 0 Å². The van der Waals surface area contributed by atoms with Crippen molar-refractivity contribution in [3.05, 3.63) is 35.9 Å². The minimum atomic E-state index is -1.67. The van der Waals surface area contributed by atoms with Gasteiger partial charge >= 0.3 is 11.9 Å². The van der Waals surface area contributed by atoms with Crippen LogP contribution in [0, 0.1) is 0 Å². The molecule has 5 nitrogen and oxygen atoms in total. The van der Waals surface area contributed by atoms with E-state index in [9.17, 15) is 9.59 Å². The van der Waals surface area contributed by atoms with E-state index < -0.39 is 17.5 Å². The summed E-state index contributed by atoms with van der Waals surface area (Å²) in [6, 6.07) is 9.12. The van der Waals surface area contributed by atoms with Crippen LogP contribution in [0.3, 0.4) is 0 Å². The lowest BCUT2D eigenvalue weighted by atomic mass is 10.0. The van der Waals surface area contributed by atoms with Gasteiger partial charge in [-0.15, -0.1) is 0 Å². The van der Waals surface area contributed by atoms with Crippen LogP contribution in [-0.4, -0.2) is 41.6 Å². The lowest BCUT2D eigenvalue weighted by Gasteiger charge is -2.29. The summed E-state index contributed by atoms with van der Waals surface area (Å²) < 4.78 is 5.05. The van der Waals surface area contributed by atoms with Gasteiger partial charge in [-0.05, 0) is 26.6 Å². The van der Waals surface area contributed by atoms with E-state index in [1.54, 1.807) is 12.1 Å². The van der Waals surface area contributed by atoms with E-state index in [1.807, 2.05) is 18.2 Å². The maximum absolute atomic E-state index is 11.9. The van der Waals surface area contributed by atoms with Gasteiger partial charge in [0, 0.05) is 0 Å². The summed E-state index contributed by atoms with van der Waals surface area (Å²) in [6.07, 6.45) is 0. The standard InChI is InChI=1S/C13H17NO4/c1-13(11(15)16,14(2)3)12(17)18-9-10-7-5-4-6-8-10/h4-8H,9H2,1-3H3,(H,15,16)/t13-/m0/s1. The number of carbonyl (C=O) groups excluding carboxylic acids is 1. The van der Waals surface area contributed by atoms with E-state index in [0.717, 1.165) is 5.56 Å². The summed E-state index contributed by atoms with van der Waals surface area (Å²) in [5.74, 6) is -2.01. The Morgan fingerprint density at radius 1 is 1.28 bits per heavy atom. The second-order valence-electron chi connectivity index (χ2n) is 4.33. The van der Waals surface area contributed by atoms with Crippen LogP contribution in [0.15, 0.2) is 30.3 Å². The Morgan fingerprint density at radius 2 is 1.83 bits per heavy atom. The number of carboxylic acid groups (broad SMARTS) is 1. The summed E-state index contributed by atoms with van der Waals surface area (Å²) in [5, 5.41) is 9.13. The van der Waals surface area contributed by atoms with E-state index in [1.165, 1.54) is 25.9 Å². The number of carboxylic acids is 1. The van der Waals surface area contributed by atoms with Crippen LogP contribution in [0.1, 0.15) is 12.5 Å². The number of hydrogen-bond donors (Lipinski definition) is 1. The summed E-state index contributed by atoms with van der Waals surface area (Å²) in [7, 11) is 3.05. The molecule has 0 heterocycles. The third-order valence-corrected chi connectivity index (χ3v) is 2.92. The quantitative estimate of drug-likeness (QED) is 0.627. The smallest absolute Gasteiger partial charge is 0.338 e. The van der Waals surface area contributed by atoms with Crippen LogP contribution >= 0.6 is 0 Å². The minimum absolute atomic E-state index is 0.0659. The molecule has 0 saturated carbocycles. The number of ether oxygens (including phenoxy) is 1. The molecule has 0 aliphatic heterocycles. The average Bonchev–Trinajstić information content (AvgIpc) is 2.35. The maximum Gasteiger partial charge on any atom is 0.338 e. The number of hydrogen-bond acceptors (Lipinski definition) is 4. The highest BCUT2D eigenvalue weighted by atomic mass is 16.5. The van der Waals surface area contributed by atoms with Gasteiger partial charge in [-0.3, -0.25) is 4.90 Å². The summed E-state index contributed by atoms with van der Waals surface area (Å²) in [6.45, 7) is 1.39. The van der Waals surface area contributed by atoms with Crippen molar-refractivity contribution in [2.75, 3.05) is 14.1 Å². The molecule has 1 N–H and O–H groups in total. The van der Waals surface area contributed by atoms with E-state index >= 15 is 0 Å². The van der Waals surface area contributed by atoms with Gasteiger partial charge < -0.3 is 9.84 Å². The monoisotopic (exact) mass is 251 g/mol. The molecule has 0 unspecified atom stereocenters. The average molecular weight is 251 g/mol. The van der Waals surface area contributed by atoms with Gasteiger partial charge in [0.2, 0.25) is 5.54 Å². The third-order valence-electron chi connectivity index (χ3n) is 2.92. The third kappa shape index (κ3) is 2.87. The molecule has 98 valence electrons. The van der Waals surface area contributed by atoms with Gasteiger partial charge in [0.25, 0.3) is 0 Å². The van der Waals surface area contributed by atoms with Crippen molar-refractivity contribution in [1.82, 2.24) is 4.90 Å². The highest BCUT2D eigenvalue weighted by Gasteiger charge is 2.45. The Labute approximate surface area is 106 Å². The first-order valence-corrected chi connectivity index (χ1v) is 5.51. The molecule has 5 heteroatoms. The van der Waals surface area contributed by atoms with Gasteiger partial charge in [-0.1, -0.05) is 30.3 Å². The fourth-order valence-electron chi connectivity index (χ4n) is 1.32. The molecule has 1 aromatic carbocycles. The van der Waals surface area contributed by atoms with Gasteiger partial charge in [-0.2, -0.15) is 0 Å². The predicted molar refractivity (Wildman–Crippen MR) is 66.0 cm³/mol. The number of benzene rings is 1. The van der Waals surface area contributed by atoms with Gasteiger partial charge in [0.05, 0.1) is 0 Å². The predicted octanol–water partition coefficient (Wildman–Crippen LogP) is 1.13. The molecule has 1 atom stereocenters. The van der Waals surface area contributed by atoms with Crippen molar-refractivity contribution in [1.29, 1.82) is 0 Å². The molecule has 0 amide bonds. The zero-order valence-corrected chi connectivity index (χ0v) is 10.7. The van der Waals surface area contributed by atoms with Crippen LogP contribution in [-0.2, 0) is 20.9 Å². The molecule has 0 saturated heterocycles. The molecule has 18 heavy (non-hydrogen) atoms. The fourth-order valence-corrected chi connectivity index (χ4v) is 1.32. The number of aliphatic carboxylic acids is 1. The Hall–Kier alpha value is -1.88. The number of esters is 1. The molecular weight excluding hydrogens is 234 g/mol. The zero-order chi connectivity index (χ0) is 13.8. The first kappa shape index (κ1) is 14.2. The van der Waals surface area contributed by atoms with Gasteiger partial charge in [0.1, 0.15) is 6.61 Å². The van der Waals surface area contributed by atoms with E-state index in [-0.39, 0.29) is 6.61 Å². The number of carbonyl (C=O) groups is 2. The Kier molecular flexibility index (Phi) is 4.44. The normalized spacial score (nSPS) is 14.0. The summed E-state index contributed by atoms with van der Waals surface area (Å²) >= 11 is 0. The maximum atomic E-state index is 11.9. The molecule has 0 aliphatic rings. The zero-order valence-electron chi connectivity index (χ0n) is 10.7. The first-order chi connectivity index (χ1) is 8.39. The van der Waals surface area contributed by atoms with Gasteiger partial charge in [-0.25, -0.2) is 9.59 Å². The number of likely N-dealkylation sites (N-methyl/N-ethyl adjacent to an activating group) is 1. The van der Waals surface area contributed by atoms with Crippen molar-refractivity contribution >= 4 is 11.9 Å². The van der Waals surface area contributed by atoms with E-state index in [4.69, 9.17) is 9.84 Å². The van der Waals surface area contributed by atoms with Crippen molar-refractivity contribution in [3.8, 4) is 0 Å². The molecule has 1 aromatic rings. The fraction of sp³-hybridized carbons (Fsp3) is 0.385. The van der Waals surface area contributed by atoms with Gasteiger partial charge in [0.15, 0.2) is 0 Å². The van der Waals surface area contributed by atoms with Crippen molar-refractivity contribution < 1.29 is 19.4 Å². The highest BCUT2D eigenvalue weighted by Crippen LogP contribution is 2.15. The lowest BCUT2D eigenvalue weighted by molar-refractivity contribution is -0.169. The molecule has 0 aromatic heterocycles. The largest absolute Gasteiger partial charge is 0.479 e. The summed E-state index contributed by atoms with van der Waals surface area (Å²) in [5.41, 5.74) is -0.855. The SMILES string of the molecule is CN(C)[C@@](C)(C(=O)O)C(=O)OCc1ccccc1. The number of nitrogens with zero attached hydrogens (tertiary/aromatic N) is 1. The van der Waals surface area contributed by atoms with Crippen molar-refractivity contribution in [2.24, 2.45) is 0 Å². The van der Waals surface area contributed by atoms with E-state index in [2.05, 4.69) is 0 Å². The Morgan fingerprint density at radius 3 is 2.28 bits per heavy atom. The van der Waals surface area contributed by atoms with Crippen LogP contribution in [0.5, 0.6) is 0 Å². The van der Waals surface area contributed by atoms with Crippen LogP contribution in [0.4, 0.5) is 0 Å². The van der Waals surface area contributed by atoms with Crippen molar-refractivity contribution in [3.63, 3.8) is 0 Å². The Bertz CT molecular complexity index is 430. The molecule has 0 spiro atoms.